The van der Waals surface area contributed by atoms with Gasteiger partial charge in [0.2, 0.25) is 0 Å². The molecule has 114 valence electrons. The van der Waals surface area contributed by atoms with Crippen molar-refractivity contribution in [2.45, 2.75) is 25.8 Å². The first-order valence-electron chi connectivity index (χ1n) is 6.86. The van der Waals surface area contributed by atoms with E-state index in [0.29, 0.717) is 29.0 Å². The number of carbonyl (C=O) groups is 1. The SMILES string of the molecule is Cc1c(C(=O)NCC2CCCN2)oc2c(Cl)cccc12.Cl. The van der Waals surface area contributed by atoms with Gasteiger partial charge in [0.25, 0.3) is 5.91 Å². The van der Waals surface area contributed by atoms with Crippen molar-refractivity contribution in [2.75, 3.05) is 13.1 Å². The third-order valence-electron chi connectivity index (χ3n) is 3.79. The highest BCUT2D eigenvalue weighted by molar-refractivity contribution is 6.35. The highest BCUT2D eigenvalue weighted by Crippen LogP contribution is 2.30. The fraction of sp³-hybridized carbons (Fsp3) is 0.400. The van der Waals surface area contributed by atoms with Gasteiger partial charge in [0.1, 0.15) is 0 Å². The molecule has 6 heteroatoms. The summed E-state index contributed by atoms with van der Waals surface area (Å²) in [6, 6.07) is 5.90. The van der Waals surface area contributed by atoms with E-state index in [0.717, 1.165) is 23.9 Å². The van der Waals surface area contributed by atoms with E-state index in [9.17, 15) is 4.79 Å². The lowest BCUT2D eigenvalue weighted by Crippen LogP contribution is -2.37. The molecule has 0 saturated carbocycles. The van der Waals surface area contributed by atoms with Crippen LogP contribution >= 0.6 is 24.0 Å². The molecule has 3 rings (SSSR count). The number of para-hydroxylation sites is 1. The zero-order chi connectivity index (χ0) is 14.1. The Morgan fingerprint density at radius 3 is 3.00 bits per heavy atom. The molecule has 1 amide bonds. The topological polar surface area (TPSA) is 54.3 Å². The number of carbonyl (C=O) groups excluding carboxylic acids is 1. The van der Waals surface area contributed by atoms with E-state index in [2.05, 4.69) is 10.6 Å². The molecule has 1 unspecified atom stereocenters. The van der Waals surface area contributed by atoms with Crippen molar-refractivity contribution in [1.29, 1.82) is 0 Å². The summed E-state index contributed by atoms with van der Waals surface area (Å²) in [6.07, 6.45) is 2.27. The third-order valence-corrected chi connectivity index (χ3v) is 4.09. The van der Waals surface area contributed by atoms with Gasteiger partial charge in [-0.3, -0.25) is 4.79 Å². The minimum absolute atomic E-state index is 0. The van der Waals surface area contributed by atoms with E-state index in [1.54, 1.807) is 6.07 Å². The largest absolute Gasteiger partial charge is 0.449 e. The predicted molar refractivity (Wildman–Crippen MR) is 86.6 cm³/mol. The minimum atomic E-state index is -0.177. The molecule has 1 aromatic heterocycles. The van der Waals surface area contributed by atoms with Crippen molar-refractivity contribution in [2.24, 2.45) is 0 Å². The van der Waals surface area contributed by atoms with E-state index in [1.165, 1.54) is 6.42 Å². The second kappa shape index (κ2) is 6.69. The van der Waals surface area contributed by atoms with Gasteiger partial charge in [-0.15, -0.1) is 12.4 Å². The van der Waals surface area contributed by atoms with Gasteiger partial charge < -0.3 is 15.1 Å². The van der Waals surface area contributed by atoms with Gasteiger partial charge in [-0.1, -0.05) is 23.7 Å². The Hall–Kier alpha value is -1.23. The van der Waals surface area contributed by atoms with E-state index in [1.807, 2.05) is 19.1 Å². The number of furan rings is 1. The van der Waals surface area contributed by atoms with E-state index in [4.69, 9.17) is 16.0 Å². The summed E-state index contributed by atoms with van der Waals surface area (Å²) in [7, 11) is 0. The van der Waals surface area contributed by atoms with Crippen LogP contribution in [-0.2, 0) is 0 Å². The minimum Gasteiger partial charge on any atom is -0.449 e. The Morgan fingerprint density at radius 1 is 1.52 bits per heavy atom. The van der Waals surface area contributed by atoms with E-state index in [-0.39, 0.29) is 18.3 Å². The first kappa shape index (κ1) is 16.1. The van der Waals surface area contributed by atoms with Crippen molar-refractivity contribution in [3.63, 3.8) is 0 Å². The molecular weight excluding hydrogens is 311 g/mol. The van der Waals surface area contributed by atoms with Crippen LogP contribution in [0, 0.1) is 6.92 Å². The van der Waals surface area contributed by atoms with Gasteiger partial charge in [-0.05, 0) is 32.4 Å². The van der Waals surface area contributed by atoms with E-state index < -0.39 is 0 Å². The molecule has 1 fully saturated rings. The molecule has 1 saturated heterocycles. The number of aryl methyl sites for hydroxylation is 1. The highest BCUT2D eigenvalue weighted by atomic mass is 35.5. The van der Waals surface area contributed by atoms with Crippen LogP contribution < -0.4 is 10.6 Å². The van der Waals surface area contributed by atoms with Crippen molar-refractivity contribution in [3.8, 4) is 0 Å². The number of benzene rings is 1. The molecule has 2 N–H and O–H groups in total. The molecule has 0 bridgehead atoms. The molecule has 0 aliphatic carbocycles. The summed E-state index contributed by atoms with van der Waals surface area (Å²) in [6.45, 7) is 3.54. The van der Waals surface area contributed by atoms with Crippen LogP contribution in [0.2, 0.25) is 5.02 Å². The van der Waals surface area contributed by atoms with Crippen molar-refractivity contribution >= 4 is 40.9 Å². The maximum Gasteiger partial charge on any atom is 0.287 e. The normalized spacial score (nSPS) is 17.7. The van der Waals surface area contributed by atoms with Crippen LogP contribution in [0.1, 0.15) is 29.0 Å². The van der Waals surface area contributed by atoms with Gasteiger partial charge in [0.05, 0.1) is 5.02 Å². The quantitative estimate of drug-likeness (QED) is 0.908. The molecule has 1 aromatic carbocycles. The number of halogens is 2. The molecule has 0 radical (unpaired) electrons. The van der Waals surface area contributed by atoms with Gasteiger partial charge >= 0.3 is 0 Å². The van der Waals surface area contributed by atoms with Gasteiger partial charge in [0.15, 0.2) is 11.3 Å². The summed E-state index contributed by atoms with van der Waals surface area (Å²) >= 11 is 6.09. The number of fused-ring (bicyclic) bond motifs is 1. The molecule has 2 heterocycles. The standard InChI is InChI=1S/C15H17ClN2O2.ClH/c1-9-11-5-2-6-12(16)14(11)20-13(9)15(19)18-8-10-4-3-7-17-10;/h2,5-6,10,17H,3-4,7-8H2,1H3,(H,18,19);1H. The smallest absolute Gasteiger partial charge is 0.287 e. The van der Waals surface area contributed by atoms with Crippen molar-refractivity contribution in [3.05, 3.63) is 34.5 Å². The maximum absolute atomic E-state index is 12.2. The zero-order valence-electron chi connectivity index (χ0n) is 11.7. The molecule has 4 nitrogen and oxygen atoms in total. The summed E-state index contributed by atoms with van der Waals surface area (Å²) in [5, 5.41) is 7.69. The highest BCUT2D eigenvalue weighted by Gasteiger charge is 2.20. The number of hydrogen-bond acceptors (Lipinski definition) is 3. The molecule has 1 aliphatic rings. The Labute approximate surface area is 134 Å². The second-order valence-electron chi connectivity index (χ2n) is 5.18. The summed E-state index contributed by atoms with van der Waals surface area (Å²) in [5.41, 5.74) is 1.41. The Bertz CT molecular complexity index is 648. The maximum atomic E-state index is 12.2. The fourth-order valence-corrected chi connectivity index (χ4v) is 2.87. The van der Waals surface area contributed by atoms with Crippen LogP contribution in [0.15, 0.2) is 22.6 Å². The number of nitrogens with one attached hydrogen (secondary N) is 2. The van der Waals surface area contributed by atoms with Crippen LogP contribution in [-0.4, -0.2) is 25.0 Å². The molecular formula is C15H18Cl2N2O2. The molecule has 2 aromatic rings. The predicted octanol–water partition coefficient (Wildman–Crippen LogP) is 3.30. The zero-order valence-corrected chi connectivity index (χ0v) is 13.3. The van der Waals surface area contributed by atoms with Crippen LogP contribution in [0.3, 0.4) is 0 Å². The summed E-state index contributed by atoms with van der Waals surface area (Å²) in [5.74, 6) is 0.176. The summed E-state index contributed by atoms with van der Waals surface area (Å²) in [4.78, 5) is 12.2. The molecule has 21 heavy (non-hydrogen) atoms. The van der Waals surface area contributed by atoms with Crippen LogP contribution in [0.25, 0.3) is 11.0 Å². The van der Waals surface area contributed by atoms with Gasteiger partial charge in [-0.2, -0.15) is 0 Å². The lowest BCUT2D eigenvalue weighted by Gasteiger charge is -2.10. The summed E-state index contributed by atoms with van der Waals surface area (Å²) < 4.78 is 5.64. The lowest BCUT2D eigenvalue weighted by atomic mass is 10.1. The number of amides is 1. The van der Waals surface area contributed by atoms with Gasteiger partial charge in [0, 0.05) is 23.5 Å². The average molecular weight is 329 g/mol. The fourth-order valence-electron chi connectivity index (χ4n) is 2.65. The van der Waals surface area contributed by atoms with E-state index >= 15 is 0 Å². The number of hydrogen-bond donors (Lipinski definition) is 2. The average Bonchev–Trinajstić information content (AvgIpc) is 3.06. The third kappa shape index (κ3) is 3.18. The first-order valence-corrected chi connectivity index (χ1v) is 7.24. The molecule has 1 atom stereocenters. The Kier molecular flexibility index (Phi) is 5.14. The Morgan fingerprint density at radius 2 is 2.33 bits per heavy atom. The van der Waals surface area contributed by atoms with Gasteiger partial charge in [-0.25, -0.2) is 0 Å². The monoisotopic (exact) mass is 328 g/mol. The van der Waals surface area contributed by atoms with Crippen LogP contribution in [0.5, 0.6) is 0 Å². The number of rotatable bonds is 3. The second-order valence-corrected chi connectivity index (χ2v) is 5.58. The van der Waals surface area contributed by atoms with Crippen molar-refractivity contribution in [1.82, 2.24) is 10.6 Å². The van der Waals surface area contributed by atoms with Crippen LogP contribution in [0.4, 0.5) is 0 Å². The molecule has 0 spiro atoms. The molecule has 1 aliphatic heterocycles. The first-order chi connectivity index (χ1) is 9.66. The van der Waals surface area contributed by atoms with Crippen molar-refractivity contribution < 1.29 is 9.21 Å². The Balaban J connectivity index is 0.00000161. The lowest BCUT2D eigenvalue weighted by molar-refractivity contribution is 0.0924.